The highest BCUT2D eigenvalue weighted by Crippen LogP contribution is 2.48. The molecule has 5 rings (SSSR count). The molecule has 2 atom stereocenters. The van der Waals surface area contributed by atoms with Crippen LogP contribution >= 0.6 is 35.0 Å². The van der Waals surface area contributed by atoms with Gasteiger partial charge in [-0.1, -0.05) is 41.9 Å². The average Bonchev–Trinajstić information content (AvgIpc) is 3.32. The first-order chi connectivity index (χ1) is 14.9. The predicted octanol–water partition coefficient (Wildman–Crippen LogP) is 4.51. The van der Waals surface area contributed by atoms with Crippen LogP contribution in [0.5, 0.6) is 0 Å². The summed E-state index contributed by atoms with van der Waals surface area (Å²) in [7, 11) is 0. The van der Waals surface area contributed by atoms with E-state index in [4.69, 9.17) is 39.7 Å². The zero-order valence-electron chi connectivity index (χ0n) is 17.3. The number of anilines is 2. The zero-order chi connectivity index (χ0) is 21.8. The fourth-order valence-corrected chi connectivity index (χ4v) is 6.63. The van der Waals surface area contributed by atoms with E-state index in [1.54, 1.807) is 12.3 Å². The topological polar surface area (TPSA) is 98.4 Å². The molecule has 1 saturated carbocycles. The molecule has 1 aliphatic carbocycles. The van der Waals surface area contributed by atoms with Gasteiger partial charge in [-0.3, -0.25) is 4.40 Å². The van der Waals surface area contributed by atoms with E-state index in [2.05, 4.69) is 21.8 Å². The summed E-state index contributed by atoms with van der Waals surface area (Å²) in [5, 5.41) is 0.563. The van der Waals surface area contributed by atoms with Gasteiger partial charge in [0.05, 0.1) is 9.92 Å². The Labute approximate surface area is 195 Å². The Kier molecular flexibility index (Phi) is 5.45. The molecule has 2 fully saturated rings. The maximum absolute atomic E-state index is 6.53. The lowest BCUT2D eigenvalue weighted by molar-refractivity contribution is 0.192. The minimum atomic E-state index is 0.190. The largest absolute Gasteiger partial charge is 0.384 e. The number of imidazole rings is 1. The van der Waals surface area contributed by atoms with Crippen molar-refractivity contribution in [3.05, 3.63) is 34.8 Å². The first-order valence-electron chi connectivity index (χ1n) is 10.5. The van der Waals surface area contributed by atoms with E-state index in [9.17, 15) is 0 Å². The van der Waals surface area contributed by atoms with E-state index in [1.165, 1.54) is 18.2 Å². The lowest BCUT2D eigenvalue weighted by atomic mass is 9.74. The highest BCUT2D eigenvalue weighted by atomic mass is 35.5. The normalized spacial score (nSPS) is 23.2. The number of nitrogens with two attached hydrogens (primary N) is 2. The molecule has 1 saturated heterocycles. The van der Waals surface area contributed by atoms with Gasteiger partial charge < -0.3 is 16.4 Å². The Morgan fingerprint density at radius 2 is 1.97 bits per heavy atom. The molecule has 4 N–H and O–H groups in total. The van der Waals surface area contributed by atoms with Gasteiger partial charge >= 0.3 is 0 Å². The van der Waals surface area contributed by atoms with Crippen molar-refractivity contribution >= 4 is 52.4 Å². The van der Waals surface area contributed by atoms with Crippen LogP contribution in [0, 0.1) is 11.3 Å². The smallest absolute Gasteiger partial charge is 0.211 e. The monoisotopic (exact) mass is 477 g/mol. The van der Waals surface area contributed by atoms with Gasteiger partial charge in [-0.25, -0.2) is 15.0 Å². The molecular weight excluding hydrogens is 453 g/mol. The van der Waals surface area contributed by atoms with Crippen molar-refractivity contribution in [1.82, 2.24) is 19.4 Å². The molecule has 0 aromatic carbocycles. The quantitative estimate of drug-likeness (QED) is 0.535. The Balaban J connectivity index is 1.41. The van der Waals surface area contributed by atoms with Crippen molar-refractivity contribution in [2.24, 2.45) is 17.1 Å². The van der Waals surface area contributed by atoms with Crippen LogP contribution in [0.1, 0.15) is 32.6 Å². The third-order valence-corrected chi connectivity index (χ3v) is 8.65. The van der Waals surface area contributed by atoms with E-state index in [-0.39, 0.29) is 10.6 Å². The molecule has 1 aliphatic heterocycles. The number of fused-ring (bicyclic) bond motifs is 1. The summed E-state index contributed by atoms with van der Waals surface area (Å²) in [4.78, 5) is 17.3. The standard InChI is InChI=1S/C21H25Cl2N7S/c1-12-8-15(24)21(10-12)2-5-29(6-3-21)20-27-11-14(19-26-4-7-30(19)20)31-13-9-16(25)28-18(23)17(13)22/h4,7,9,11-12,15H,2-3,5-6,8,10,24H2,1H3,(H2,25,28)/t12?,15-/m1/s1. The van der Waals surface area contributed by atoms with Gasteiger partial charge in [0, 0.05) is 42.6 Å². The molecule has 0 amide bonds. The molecular formula is C21H25Cl2N7S. The van der Waals surface area contributed by atoms with Crippen molar-refractivity contribution < 1.29 is 0 Å². The molecule has 10 heteroatoms. The summed E-state index contributed by atoms with van der Waals surface area (Å²) in [5.41, 5.74) is 13.5. The number of hydrogen-bond acceptors (Lipinski definition) is 7. The summed E-state index contributed by atoms with van der Waals surface area (Å²) in [6.07, 6.45) is 10.2. The van der Waals surface area contributed by atoms with Crippen LogP contribution in [-0.4, -0.2) is 38.5 Å². The SMILES string of the molecule is CC1C[C@@H](N)C2(CCN(c3ncc(Sc4cc(N)nc(Cl)c4Cl)c4nccn34)CC2)C1. The van der Waals surface area contributed by atoms with E-state index in [0.717, 1.165) is 59.7 Å². The van der Waals surface area contributed by atoms with Gasteiger partial charge in [0.2, 0.25) is 5.95 Å². The molecule has 1 unspecified atom stereocenters. The molecule has 4 heterocycles. The number of nitrogen functional groups attached to an aromatic ring is 1. The second kappa shape index (κ2) is 7.99. The van der Waals surface area contributed by atoms with Crippen LogP contribution < -0.4 is 16.4 Å². The van der Waals surface area contributed by atoms with Gasteiger partial charge in [-0.15, -0.1) is 0 Å². The maximum Gasteiger partial charge on any atom is 0.211 e. The molecule has 0 radical (unpaired) electrons. The number of aromatic nitrogens is 4. The molecule has 7 nitrogen and oxygen atoms in total. The Bertz CT molecular complexity index is 1130. The minimum Gasteiger partial charge on any atom is -0.384 e. The summed E-state index contributed by atoms with van der Waals surface area (Å²) >= 11 is 13.9. The number of piperidine rings is 1. The number of rotatable bonds is 3. The maximum atomic E-state index is 6.53. The number of pyridine rings is 1. The molecule has 3 aromatic rings. The fourth-order valence-electron chi connectivity index (χ4n) is 5.22. The third-order valence-electron chi connectivity index (χ3n) is 6.74. The molecule has 3 aromatic heterocycles. The van der Waals surface area contributed by atoms with Gasteiger partial charge in [-0.05, 0) is 43.1 Å². The molecule has 164 valence electrons. The number of hydrogen-bond donors (Lipinski definition) is 2. The highest BCUT2D eigenvalue weighted by Gasteiger charge is 2.46. The van der Waals surface area contributed by atoms with Gasteiger partial charge in [0.1, 0.15) is 5.82 Å². The van der Waals surface area contributed by atoms with Crippen LogP contribution in [0.4, 0.5) is 11.8 Å². The third kappa shape index (κ3) is 3.73. The molecule has 2 aliphatic rings. The second-order valence-corrected chi connectivity index (χ2v) is 10.6. The van der Waals surface area contributed by atoms with Gasteiger partial charge in [-0.2, -0.15) is 0 Å². The van der Waals surface area contributed by atoms with Crippen molar-refractivity contribution in [2.75, 3.05) is 23.7 Å². The first-order valence-corrected chi connectivity index (χ1v) is 12.1. The Hall–Kier alpha value is -1.74. The van der Waals surface area contributed by atoms with Crippen LogP contribution in [0.25, 0.3) is 5.65 Å². The summed E-state index contributed by atoms with van der Waals surface area (Å²) in [5.74, 6) is 1.95. The Morgan fingerprint density at radius 3 is 2.68 bits per heavy atom. The van der Waals surface area contributed by atoms with Crippen LogP contribution in [0.2, 0.25) is 10.2 Å². The Morgan fingerprint density at radius 1 is 1.19 bits per heavy atom. The highest BCUT2D eigenvalue weighted by molar-refractivity contribution is 7.99. The lowest BCUT2D eigenvalue weighted by Crippen LogP contribution is -2.47. The number of nitrogens with zero attached hydrogens (tertiary/aromatic N) is 5. The zero-order valence-corrected chi connectivity index (χ0v) is 19.6. The minimum absolute atomic E-state index is 0.190. The fraction of sp³-hybridized carbons (Fsp3) is 0.476. The average molecular weight is 478 g/mol. The van der Waals surface area contributed by atoms with Crippen molar-refractivity contribution in [3.8, 4) is 0 Å². The van der Waals surface area contributed by atoms with Crippen molar-refractivity contribution in [1.29, 1.82) is 0 Å². The molecule has 0 bridgehead atoms. The van der Waals surface area contributed by atoms with Gasteiger partial charge in [0.15, 0.2) is 10.8 Å². The van der Waals surface area contributed by atoms with E-state index in [0.29, 0.717) is 16.9 Å². The van der Waals surface area contributed by atoms with Crippen LogP contribution in [0.3, 0.4) is 0 Å². The van der Waals surface area contributed by atoms with E-state index in [1.807, 2.05) is 16.8 Å². The summed E-state index contributed by atoms with van der Waals surface area (Å²) in [6, 6.07) is 2.02. The lowest BCUT2D eigenvalue weighted by Gasteiger charge is -2.42. The molecule has 31 heavy (non-hydrogen) atoms. The summed E-state index contributed by atoms with van der Waals surface area (Å²) in [6.45, 7) is 4.23. The predicted molar refractivity (Wildman–Crippen MR) is 126 cm³/mol. The van der Waals surface area contributed by atoms with Crippen molar-refractivity contribution in [3.63, 3.8) is 0 Å². The molecule has 1 spiro atoms. The second-order valence-electron chi connectivity index (χ2n) is 8.80. The van der Waals surface area contributed by atoms with E-state index < -0.39 is 0 Å². The van der Waals surface area contributed by atoms with Crippen LogP contribution in [0.15, 0.2) is 34.4 Å². The van der Waals surface area contributed by atoms with Crippen LogP contribution in [-0.2, 0) is 0 Å². The first kappa shape index (κ1) is 21.1. The number of halogens is 2. The van der Waals surface area contributed by atoms with E-state index >= 15 is 0 Å². The van der Waals surface area contributed by atoms with Crippen molar-refractivity contribution in [2.45, 2.75) is 48.4 Å². The van der Waals surface area contributed by atoms with Gasteiger partial charge in [0.25, 0.3) is 0 Å². The summed E-state index contributed by atoms with van der Waals surface area (Å²) < 4.78 is 2.04.